The number of nitrogens with two attached hydrogens (primary N) is 1. The van der Waals surface area contributed by atoms with Crippen molar-refractivity contribution < 1.29 is 49.8 Å². The number of rotatable bonds is 9. The van der Waals surface area contributed by atoms with E-state index in [9.17, 15) is 40.4 Å². The maximum atomic E-state index is 14.7. The molecule has 0 aliphatic carbocycles. The molecule has 3 atom stereocenters. The molecule has 1 fully saturated rings. The minimum Gasteiger partial charge on any atom is -0.494 e. The van der Waals surface area contributed by atoms with E-state index < -0.39 is 57.7 Å². The summed E-state index contributed by atoms with van der Waals surface area (Å²) >= 11 is 0. The van der Waals surface area contributed by atoms with E-state index in [0.29, 0.717) is 16.5 Å². The van der Waals surface area contributed by atoms with E-state index in [4.69, 9.17) is 10.5 Å². The van der Waals surface area contributed by atoms with E-state index in [1.165, 1.54) is 56.6 Å². The van der Waals surface area contributed by atoms with Gasteiger partial charge in [0.1, 0.15) is 11.9 Å². The number of hydrogen-bond donors (Lipinski definition) is 2. The van der Waals surface area contributed by atoms with Crippen LogP contribution in [0.2, 0.25) is 0 Å². The van der Waals surface area contributed by atoms with Gasteiger partial charge >= 0.3 is 18.1 Å². The number of pyridine rings is 1. The van der Waals surface area contributed by atoms with Gasteiger partial charge in [-0.15, -0.1) is 0 Å². The van der Waals surface area contributed by atoms with Crippen LogP contribution in [0.25, 0.3) is 10.8 Å². The first kappa shape index (κ1) is 35.1. The van der Waals surface area contributed by atoms with Crippen LogP contribution in [-0.4, -0.2) is 61.7 Å². The first-order chi connectivity index (χ1) is 23.2. The lowest BCUT2D eigenvalue weighted by Crippen LogP contribution is -2.40. The fourth-order valence-corrected chi connectivity index (χ4v) is 6.97. The molecule has 3 N–H and O–H groups in total. The molecule has 3 aromatic carbocycles. The highest BCUT2D eigenvalue weighted by molar-refractivity contribution is 7.91. The van der Waals surface area contributed by atoms with E-state index in [1.54, 1.807) is 24.3 Å². The van der Waals surface area contributed by atoms with Gasteiger partial charge in [0.2, 0.25) is 5.91 Å². The zero-order valence-electron chi connectivity index (χ0n) is 26.0. The molecule has 0 saturated carbocycles. The highest BCUT2D eigenvalue weighted by Gasteiger charge is 2.49. The molecule has 0 bridgehead atoms. The number of amides is 1. The number of aromatic nitrogens is 1. The Labute approximate surface area is 277 Å². The fourth-order valence-electron chi connectivity index (χ4n) is 5.83. The number of carbonyl (C=O) groups is 3. The number of ether oxygens (including phenoxy) is 2. The lowest BCUT2D eigenvalue weighted by molar-refractivity contribution is -0.203. The quantitative estimate of drug-likeness (QED) is 0.136. The normalized spacial score (nSPS) is 17.1. The largest absolute Gasteiger partial charge is 0.494 e. The van der Waals surface area contributed by atoms with Gasteiger partial charge in [-0.3, -0.25) is 9.59 Å². The summed E-state index contributed by atoms with van der Waals surface area (Å²) in [6.45, 7) is 1.13. The van der Waals surface area contributed by atoms with Gasteiger partial charge in [0.25, 0.3) is 0 Å². The molecule has 1 amide bonds. The van der Waals surface area contributed by atoms with Gasteiger partial charge in [-0.2, -0.15) is 13.2 Å². The van der Waals surface area contributed by atoms with Crippen molar-refractivity contribution in [2.45, 2.75) is 36.5 Å². The number of sulfone groups is 1. The number of carbonyl (C=O) groups excluding carboxylic acids is 3. The molecular weight excluding hydrogens is 672 g/mol. The van der Waals surface area contributed by atoms with Crippen LogP contribution in [0.1, 0.15) is 36.6 Å². The van der Waals surface area contributed by atoms with Crippen LogP contribution in [0.15, 0.2) is 77.8 Å². The lowest BCUT2D eigenvalue weighted by Gasteiger charge is -2.33. The standard InChI is InChI=1S/C33H30F4N4O7S/c1-3-49(45,46)26-7-5-4-6-22(26)28-23(31(43)48-32(44)33(35,36)37)13-15-41(28)30(42)27(19-8-11-24(34)25(17-19)47-2)40-20-9-10-21-18(16-20)12-14-39-29(21)38/h4-12,14,16-17,23,27-28,40H,3,13,15H2,1-2H3,(H2,38,39)/t23-,27+,28-/m0/s1. The number of fused-ring (bicyclic) bond motifs is 1. The maximum Gasteiger partial charge on any atom is 0.491 e. The molecule has 0 radical (unpaired) electrons. The van der Waals surface area contributed by atoms with Crippen LogP contribution in [0.5, 0.6) is 5.75 Å². The Morgan fingerprint density at radius 2 is 1.82 bits per heavy atom. The van der Waals surface area contributed by atoms with E-state index in [-0.39, 0.29) is 46.3 Å². The minimum absolute atomic E-state index is 0.0549. The number of likely N-dealkylation sites (tertiary alicyclic amines) is 1. The predicted molar refractivity (Wildman–Crippen MR) is 169 cm³/mol. The molecular formula is C33H30F4N4O7S. The zero-order chi connectivity index (χ0) is 35.7. The maximum absolute atomic E-state index is 14.7. The van der Waals surface area contributed by atoms with E-state index in [0.717, 1.165) is 11.0 Å². The Bertz CT molecular complexity index is 2040. The van der Waals surface area contributed by atoms with Gasteiger partial charge in [-0.1, -0.05) is 31.2 Å². The van der Waals surface area contributed by atoms with E-state index in [2.05, 4.69) is 15.0 Å². The first-order valence-corrected chi connectivity index (χ1v) is 16.5. The molecule has 1 aliphatic rings. The number of hydrogen-bond acceptors (Lipinski definition) is 10. The number of nitrogens with zero attached hydrogens (tertiary/aromatic N) is 2. The average Bonchev–Trinajstić information content (AvgIpc) is 3.52. The molecule has 11 nitrogen and oxygen atoms in total. The summed E-state index contributed by atoms with van der Waals surface area (Å²) in [5.41, 5.74) is 6.53. The van der Waals surface area contributed by atoms with Crippen molar-refractivity contribution in [2.75, 3.05) is 30.5 Å². The Morgan fingerprint density at radius 3 is 2.51 bits per heavy atom. The molecule has 5 rings (SSSR count). The number of nitrogens with one attached hydrogen (secondary N) is 1. The second-order valence-electron chi connectivity index (χ2n) is 11.1. The third-order valence-electron chi connectivity index (χ3n) is 8.22. The summed E-state index contributed by atoms with van der Waals surface area (Å²) in [4.78, 5) is 44.4. The summed E-state index contributed by atoms with van der Waals surface area (Å²) in [6.07, 6.45) is -4.27. The van der Waals surface area contributed by atoms with Crippen LogP contribution in [0.4, 0.5) is 29.1 Å². The monoisotopic (exact) mass is 702 g/mol. The fraction of sp³-hybridized carbons (Fsp3) is 0.273. The number of nitrogen functional groups attached to an aromatic ring is 1. The third kappa shape index (κ3) is 7.13. The van der Waals surface area contributed by atoms with Gasteiger partial charge in [0.05, 0.1) is 29.7 Å². The molecule has 16 heteroatoms. The molecule has 2 heterocycles. The first-order valence-electron chi connectivity index (χ1n) is 14.9. The van der Waals surface area contributed by atoms with Crippen LogP contribution >= 0.6 is 0 Å². The molecule has 1 saturated heterocycles. The Kier molecular flexibility index (Phi) is 9.80. The van der Waals surface area contributed by atoms with Crippen molar-refractivity contribution in [2.24, 2.45) is 5.92 Å². The second-order valence-corrected chi connectivity index (χ2v) is 13.4. The van der Waals surface area contributed by atoms with E-state index in [1.807, 2.05) is 0 Å². The van der Waals surface area contributed by atoms with Crippen molar-refractivity contribution in [3.63, 3.8) is 0 Å². The van der Waals surface area contributed by atoms with Crippen molar-refractivity contribution in [3.8, 4) is 5.75 Å². The smallest absolute Gasteiger partial charge is 0.491 e. The molecule has 1 aliphatic heterocycles. The van der Waals surface area contributed by atoms with Crippen LogP contribution in [-0.2, 0) is 29.0 Å². The summed E-state index contributed by atoms with van der Waals surface area (Å²) in [5, 5.41) is 4.40. The highest BCUT2D eigenvalue weighted by atomic mass is 32.2. The summed E-state index contributed by atoms with van der Waals surface area (Å²) < 4.78 is 89.4. The van der Waals surface area contributed by atoms with Crippen molar-refractivity contribution >= 4 is 50.0 Å². The number of benzene rings is 3. The topological polar surface area (TPSA) is 158 Å². The summed E-state index contributed by atoms with van der Waals surface area (Å²) in [5.74, 6) is -7.67. The highest BCUT2D eigenvalue weighted by Crippen LogP contribution is 2.43. The number of halogens is 4. The van der Waals surface area contributed by atoms with Crippen molar-refractivity contribution in [1.29, 1.82) is 0 Å². The zero-order valence-corrected chi connectivity index (χ0v) is 26.8. The lowest BCUT2D eigenvalue weighted by atomic mass is 9.93. The van der Waals surface area contributed by atoms with Crippen LogP contribution in [0, 0.1) is 11.7 Å². The van der Waals surface area contributed by atoms with Gasteiger partial charge in [-0.05, 0) is 65.4 Å². The number of methoxy groups -OCH3 is 1. The summed E-state index contributed by atoms with van der Waals surface area (Å²) in [7, 11) is -2.77. The van der Waals surface area contributed by atoms with Gasteiger partial charge in [0.15, 0.2) is 21.4 Å². The van der Waals surface area contributed by atoms with E-state index >= 15 is 0 Å². The Balaban J connectivity index is 1.63. The van der Waals surface area contributed by atoms with Crippen LogP contribution < -0.4 is 15.8 Å². The second kappa shape index (κ2) is 13.7. The predicted octanol–water partition coefficient (Wildman–Crippen LogP) is 5.13. The van der Waals surface area contributed by atoms with Gasteiger partial charge in [-0.25, -0.2) is 22.6 Å². The SMILES string of the molecule is CCS(=O)(=O)c1ccccc1[C@H]1[C@@H](C(=O)OC(=O)C(F)(F)F)CCN1C(=O)[C@H](Nc1ccc2c(N)nccc2c1)c1ccc(F)c(OC)c1. The number of esters is 2. The van der Waals surface area contributed by atoms with Gasteiger partial charge < -0.3 is 25.4 Å². The van der Waals surface area contributed by atoms with Crippen LogP contribution in [0.3, 0.4) is 0 Å². The third-order valence-corrected chi connectivity index (χ3v) is 10.0. The average molecular weight is 703 g/mol. The minimum atomic E-state index is -5.49. The van der Waals surface area contributed by atoms with Crippen molar-refractivity contribution in [1.82, 2.24) is 9.88 Å². The summed E-state index contributed by atoms with van der Waals surface area (Å²) in [6, 6.07) is 13.0. The Morgan fingerprint density at radius 1 is 1.08 bits per heavy atom. The molecule has 1 aromatic heterocycles. The van der Waals surface area contributed by atoms with Gasteiger partial charge in [0, 0.05) is 23.8 Å². The molecule has 0 unspecified atom stereocenters. The number of alkyl halides is 3. The van der Waals surface area contributed by atoms with Crippen molar-refractivity contribution in [3.05, 3.63) is 89.9 Å². The Hall–Kier alpha value is -5.25. The number of anilines is 2. The molecule has 49 heavy (non-hydrogen) atoms. The molecule has 4 aromatic rings. The molecule has 258 valence electrons. The molecule has 0 spiro atoms.